The van der Waals surface area contributed by atoms with Crippen molar-refractivity contribution in [3.63, 3.8) is 0 Å². The van der Waals surface area contributed by atoms with Gasteiger partial charge < -0.3 is 14.9 Å². The summed E-state index contributed by atoms with van der Waals surface area (Å²) in [5.74, 6) is -0.345. The van der Waals surface area contributed by atoms with Crippen molar-refractivity contribution in [2.24, 2.45) is 0 Å². The van der Waals surface area contributed by atoms with Crippen LogP contribution in [0.3, 0.4) is 0 Å². The first-order chi connectivity index (χ1) is 6.50. The maximum absolute atomic E-state index is 10.5. The molecule has 82 valence electrons. The molecule has 1 rings (SSSR count). The van der Waals surface area contributed by atoms with Gasteiger partial charge in [0.05, 0.1) is 12.2 Å². The van der Waals surface area contributed by atoms with Gasteiger partial charge in [0.1, 0.15) is 6.10 Å². The van der Waals surface area contributed by atoms with Crippen molar-refractivity contribution in [3.05, 3.63) is 0 Å². The molecule has 0 saturated carbocycles. The van der Waals surface area contributed by atoms with E-state index in [2.05, 4.69) is 5.48 Å². The molecule has 0 aromatic rings. The van der Waals surface area contributed by atoms with Gasteiger partial charge in [0.2, 0.25) is 5.91 Å². The summed E-state index contributed by atoms with van der Waals surface area (Å²) >= 11 is 0. The second-order valence-electron chi connectivity index (χ2n) is 3.34. The minimum absolute atomic E-state index is 0.131. The van der Waals surface area contributed by atoms with Gasteiger partial charge in [-0.15, -0.1) is 0 Å². The molecule has 0 radical (unpaired) electrons. The summed E-state index contributed by atoms with van der Waals surface area (Å²) in [5.41, 5.74) is 2.11. The number of carbonyl (C=O) groups excluding carboxylic acids is 1. The number of nitrogens with one attached hydrogen (secondary N) is 1. The second kappa shape index (κ2) is 4.70. The van der Waals surface area contributed by atoms with Crippen molar-refractivity contribution < 1.29 is 24.6 Å². The van der Waals surface area contributed by atoms with Crippen LogP contribution in [-0.2, 0) is 14.4 Å². The maximum Gasteiger partial charge on any atom is 0.240 e. The van der Waals surface area contributed by atoms with Gasteiger partial charge in [-0.2, -0.15) is 0 Å². The van der Waals surface area contributed by atoms with Crippen LogP contribution in [0.25, 0.3) is 0 Å². The zero-order chi connectivity index (χ0) is 10.7. The van der Waals surface area contributed by atoms with E-state index in [9.17, 15) is 15.0 Å². The van der Waals surface area contributed by atoms with E-state index in [-0.39, 0.29) is 12.3 Å². The first-order valence-corrected chi connectivity index (χ1v) is 4.44. The number of ether oxygens (including phenoxy) is 1. The molecule has 4 atom stereocenters. The smallest absolute Gasteiger partial charge is 0.240 e. The van der Waals surface area contributed by atoms with E-state index < -0.39 is 24.6 Å². The molecule has 1 heterocycles. The summed E-state index contributed by atoms with van der Waals surface area (Å²) in [5, 5.41) is 18.7. The molecule has 3 N–H and O–H groups in total. The highest BCUT2D eigenvalue weighted by Gasteiger charge is 2.34. The predicted octanol–water partition coefficient (Wildman–Crippen LogP) is -1.09. The van der Waals surface area contributed by atoms with E-state index in [4.69, 9.17) is 9.57 Å². The largest absolute Gasteiger partial charge is 0.390 e. The number of hydroxylamine groups is 1. The molecule has 6 nitrogen and oxygen atoms in total. The zero-order valence-corrected chi connectivity index (χ0v) is 8.14. The van der Waals surface area contributed by atoms with Gasteiger partial charge in [-0.1, -0.05) is 0 Å². The number of rotatable bonds is 2. The molecule has 6 heteroatoms. The van der Waals surface area contributed by atoms with E-state index in [0.717, 1.165) is 0 Å². The molecule has 14 heavy (non-hydrogen) atoms. The summed E-state index contributed by atoms with van der Waals surface area (Å²) in [7, 11) is 0. The Hall–Kier alpha value is -0.690. The minimum atomic E-state index is -0.910. The van der Waals surface area contributed by atoms with Crippen molar-refractivity contribution in [1.82, 2.24) is 5.48 Å². The normalized spacial score (nSPS) is 38.0. The number of amides is 1. The summed E-state index contributed by atoms with van der Waals surface area (Å²) < 4.78 is 5.17. The van der Waals surface area contributed by atoms with Crippen LogP contribution in [-0.4, -0.2) is 40.7 Å². The fourth-order valence-corrected chi connectivity index (χ4v) is 1.25. The number of carbonyl (C=O) groups is 1. The number of aliphatic hydroxyl groups is 2. The Balaban J connectivity index is 2.38. The lowest BCUT2D eigenvalue weighted by atomic mass is 10.0. The third-order valence-corrected chi connectivity index (χ3v) is 2.01. The van der Waals surface area contributed by atoms with E-state index in [1.807, 2.05) is 0 Å². The summed E-state index contributed by atoms with van der Waals surface area (Å²) in [6.07, 6.45) is -2.90. The van der Waals surface area contributed by atoms with Gasteiger partial charge in [-0.05, 0) is 6.92 Å². The Morgan fingerprint density at radius 3 is 2.71 bits per heavy atom. The van der Waals surface area contributed by atoms with Crippen LogP contribution in [0.2, 0.25) is 0 Å². The van der Waals surface area contributed by atoms with Crippen molar-refractivity contribution >= 4 is 5.91 Å². The van der Waals surface area contributed by atoms with E-state index in [1.165, 1.54) is 6.92 Å². The summed E-state index contributed by atoms with van der Waals surface area (Å²) in [6, 6.07) is 0. The van der Waals surface area contributed by atoms with E-state index in [0.29, 0.717) is 0 Å². The fourth-order valence-electron chi connectivity index (χ4n) is 1.25. The molecule has 0 spiro atoms. The lowest BCUT2D eigenvalue weighted by Crippen LogP contribution is -2.49. The van der Waals surface area contributed by atoms with Crippen LogP contribution in [0.4, 0.5) is 0 Å². The Morgan fingerprint density at radius 2 is 2.21 bits per heavy atom. The highest BCUT2D eigenvalue weighted by molar-refractivity contribution is 5.71. The van der Waals surface area contributed by atoms with Crippen LogP contribution < -0.4 is 5.48 Å². The van der Waals surface area contributed by atoms with Crippen LogP contribution >= 0.6 is 0 Å². The molecular formula is C8H15NO5. The second-order valence-corrected chi connectivity index (χ2v) is 3.34. The third kappa shape index (κ3) is 2.91. The molecule has 1 unspecified atom stereocenters. The first-order valence-electron chi connectivity index (χ1n) is 4.44. The molecular weight excluding hydrogens is 190 g/mol. The Kier molecular flexibility index (Phi) is 3.82. The quantitative estimate of drug-likeness (QED) is 0.499. The zero-order valence-electron chi connectivity index (χ0n) is 8.14. The van der Waals surface area contributed by atoms with Crippen molar-refractivity contribution in [2.75, 3.05) is 0 Å². The van der Waals surface area contributed by atoms with Gasteiger partial charge in [-0.25, -0.2) is 10.3 Å². The molecule has 1 amide bonds. The molecule has 1 saturated heterocycles. The average Bonchev–Trinajstić information content (AvgIpc) is 2.10. The van der Waals surface area contributed by atoms with Crippen LogP contribution in [0.15, 0.2) is 0 Å². The van der Waals surface area contributed by atoms with Gasteiger partial charge in [0.15, 0.2) is 6.29 Å². The predicted molar refractivity (Wildman–Crippen MR) is 45.9 cm³/mol. The van der Waals surface area contributed by atoms with E-state index in [1.54, 1.807) is 6.92 Å². The standard InChI is InChI=1S/C8H15NO5/c1-4-8(12)6(11)3-7(13-4)14-9-5(2)10/h4,6-8,11-12H,3H2,1-2H3,(H,9,10)/t4-,6-,7?,8+/m0/s1. The van der Waals surface area contributed by atoms with E-state index >= 15 is 0 Å². The van der Waals surface area contributed by atoms with Crippen molar-refractivity contribution in [2.45, 2.75) is 44.9 Å². The fraction of sp³-hybridized carbons (Fsp3) is 0.875. The Morgan fingerprint density at radius 1 is 1.57 bits per heavy atom. The van der Waals surface area contributed by atoms with Gasteiger partial charge in [0.25, 0.3) is 0 Å². The molecule has 1 aliphatic heterocycles. The molecule has 0 aliphatic carbocycles. The molecule has 1 fully saturated rings. The minimum Gasteiger partial charge on any atom is -0.390 e. The number of hydrogen-bond donors (Lipinski definition) is 3. The van der Waals surface area contributed by atoms with Gasteiger partial charge in [-0.3, -0.25) is 4.79 Å². The highest BCUT2D eigenvalue weighted by Crippen LogP contribution is 2.19. The molecule has 0 bridgehead atoms. The SMILES string of the molecule is CC(=O)NOC1C[C@H](O)[C@H](O)[C@H](C)O1. The Bertz CT molecular complexity index is 198. The summed E-state index contributed by atoms with van der Waals surface area (Å²) in [6.45, 7) is 2.93. The third-order valence-electron chi connectivity index (χ3n) is 2.01. The topological polar surface area (TPSA) is 88.0 Å². The van der Waals surface area contributed by atoms with Gasteiger partial charge >= 0.3 is 0 Å². The van der Waals surface area contributed by atoms with Crippen molar-refractivity contribution in [3.8, 4) is 0 Å². The number of hydrogen-bond acceptors (Lipinski definition) is 5. The maximum atomic E-state index is 10.5. The molecule has 0 aromatic heterocycles. The van der Waals surface area contributed by atoms with Crippen LogP contribution in [0.1, 0.15) is 20.3 Å². The van der Waals surface area contributed by atoms with Crippen LogP contribution in [0, 0.1) is 0 Å². The average molecular weight is 205 g/mol. The molecule has 1 aliphatic rings. The lowest BCUT2D eigenvalue weighted by Gasteiger charge is -2.34. The monoisotopic (exact) mass is 205 g/mol. The highest BCUT2D eigenvalue weighted by atomic mass is 16.8. The summed E-state index contributed by atoms with van der Waals surface area (Å²) in [4.78, 5) is 15.4. The first kappa shape index (κ1) is 11.4. The number of aliphatic hydroxyl groups excluding tert-OH is 2. The van der Waals surface area contributed by atoms with Crippen molar-refractivity contribution in [1.29, 1.82) is 0 Å². The Labute approximate surface area is 81.8 Å². The lowest BCUT2D eigenvalue weighted by molar-refractivity contribution is -0.262. The van der Waals surface area contributed by atoms with Gasteiger partial charge in [0, 0.05) is 13.3 Å². The molecule has 0 aromatic carbocycles. The van der Waals surface area contributed by atoms with Crippen LogP contribution in [0.5, 0.6) is 0 Å².